The van der Waals surface area contributed by atoms with E-state index in [0.29, 0.717) is 33.6 Å². The lowest BCUT2D eigenvalue weighted by Gasteiger charge is -2.23. The van der Waals surface area contributed by atoms with Crippen LogP contribution < -0.4 is 21.3 Å². The van der Waals surface area contributed by atoms with Gasteiger partial charge in [-0.2, -0.15) is 0 Å². The van der Waals surface area contributed by atoms with Gasteiger partial charge in [0.2, 0.25) is 0 Å². The van der Waals surface area contributed by atoms with Gasteiger partial charge in [-0.1, -0.05) is 37.3 Å². The molecular weight excluding hydrogens is 490 g/mol. The predicted molar refractivity (Wildman–Crippen MR) is 154 cm³/mol. The third kappa shape index (κ3) is 5.52. The van der Waals surface area contributed by atoms with Gasteiger partial charge in [0.15, 0.2) is 0 Å². The van der Waals surface area contributed by atoms with Crippen molar-refractivity contribution in [1.82, 2.24) is 20.9 Å². The normalized spacial score (nSPS) is 17.0. The highest BCUT2D eigenvalue weighted by Gasteiger charge is 2.28. The first-order valence-corrected chi connectivity index (χ1v) is 13.6. The zero-order chi connectivity index (χ0) is 27.5. The highest BCUT2D eigenvalue weighted by Crippen LogP contribution is 2.35. The van der Waals surface area contributed by atoms with Gasteiger partial charge in [0.25, 0.3) is 17.7 Å². The standard InChI is InChI=1S/C31H35N5O3/c1-4-25(20-8-6-5-7-9-20)35-29(37)21-10-11-26-23(16-21)24(30(38)36-26)17-27-18(2)28(19(3)33-27)31(39)34-22-12-14-32-15-13-22/h5-11,16-17,22,25,32-33H,4,12-15H2,1-3H3,(H,34,39)(H,35,37)(H,36,38). The topological polar surface area (TPSA) is 115 Å². The molecule has 0 spiro atoms. The third-order valence-electron chi connectivity index (χ3n) is 7.65. The van der Waals surface area contributed by atoms with Crippen molar-refractivity contribution in [2.45, 2.75) is 52.1 Å². The number of fused-ring (bicyclic) bond motifs is 1. The number of nitrogens with one attached hydrogen (secondary N) is 5. The number of carbonyl (C=O) groups is 3. The van der Waals surface area contributed by atoms with Crippen LogP contribution in [0.15, 0.2) is 48.5 Å². The minimum absolute atomic E-state index is 0.100. The zero-order valence-electron chi connectivity index (χ0n) is 22.6. The molecule has 0 aliphatic carbocycles. The molecule has 8 nitrogen and oxygen atoms in total. The average molecular weight is 526 g/mol. The molecule has 5 N–H and O–H groups in total. The van der Waals surface area contributed by atoms with E-state index >= 15 is 0 Å². The van der Waals surface area contributed by atoms with Crippen LogP contribution in [0.1, 0.15) is 81.0 Å². The number of H-pyrrole nitrogens is 1. The number of rotatable bonds is 7. The van der Waals surface area contributed by atoms with E-state index in [1.54, 1.807) is 24.3 Å². The van der Waals surface area contributed by atoms with E-state index in [-0.39, 0.29) is 29.8 Å². The number of benzene rings is 2. The number of amides is 3. The van der Waals surface area contributed by atoms with Crippen LogP contribution in [0.25, 0.3) is 11.6 Å². The summed E-state index contributed by atoms with van der Waals surface area (Å²) in [5.74, 6) is -0.543. The molecule has 0 bridgehead atoms. The van der Waals surface area contributed by atoms with Crippen LogP contribution >= 0.6 is 0 Å². The van der Waals surface area contributed by atoms with Crippen molar-refractivity contribution >= 4 is 35.1 Å². The fraction of sp³-hybridized carbons (Fsp3) is 0.323. The summed E-state index contributed by atoms with van der Waals surface area (Å²) in [4.78, 5) is 42.5. The summed E-state index contributed by atoms with van der Waals surface area (Å²) in [7, 11) is 0. The molecule has 0 radical (unpaired) electrons. The Balaban J connectivity index is 1.39. The van der Waals surface area contributed by atoms with Gasteiger partial charge in [-0.15, -0.1) is 0 Å². The van der Waals surface area contributed by atoms with Crippen molar-refractivity contribution in [1.29, 1.82) is 0 Å². The third-order valence-corrected chi connectivity index (χ3v) is 7.65. The lowest BCUT2D eigenvalue weighted by atomic mass is 10.00. The number of carbonyl (C=O) groups excluding carboxylic acids is 3. The van der Waals surface area contributed by atoms with Gasteiger partial charge < -0.3 is 26.3 Å². The SMILES string of the molecule is CCC(NC(=O)c1ccc2c(c1)C(=Cc1[nH]c(C)c(C(=O)NC3CCNCC3)c1C)C(=O)N2)c1ccccc1. The van der Waals surface area contributed by atoms with Crippen LogP contribution in [0.5, 0.6) is 0 Å². The molecule has 2 aliphatic heterocycles. The molecule has 0 saturated carbocycles. The lowest BCUT2D eigenvalue weighted by Crippen LogP contribution is -2.42. The van der Waals surface area contributed by atoms with Crippen LogP contribution in [-0.4, -0.2) is 41.8 Å². The van der Waals surface area contributed by atoms with E-state index in [0.717, 1.165) is 49.2 Å². The monoisotopic (exact) mass is 525 g/mol. The summed E-state index contributed by atoms with van der Waals surface area (Å²) in [5.41, 5.74) is 6.14. The first-order chi connectivity index (χ1) is 18.9. The van der Waals surface area contributed by atoms with E-state index in [4.69, 9.17) is 0 Å². The van der Waals surface area contributed by atoms with Crippen molar-refractivity contribution in [3.63, 3.8) is 0 Å². The second-order valence-corrected chi connectivity index (χ2v) is 10.3. The Morgan fingerprint density at radius 1 is 1.05 bits per heavy atom. The second-order valence-electron chi connectivity index (χ2n) is 10.3. The molecule has 39 heavy (non-hydrogen) atoms. The number of hydrogen-bond donors (Lipinski definition) is 5. The molecule has 1 fully saturated rings. The van der Waals surface area contributed by atoms with Crippen LogP contribution in [0.2, 0.25) is 0 Å². The van der Waals surface area contributed by atoms with Crippen molar-refractivity contribution < 1.29 is 14.4 Å². The summed E-state index contributed by atoms with van der Waals surface area (Å²) in [6.45, 7) is 7.58. The highest BCUT2D eigenvalue weighted by molar-refractivity contribution is 6.35. The predicted octanol–water partition coefficient (Wildman–Crippen LogP) is 4.49. The number of aromatic nitrogens is 1. The fourth-order valence-electron chi connectivity index (χ4n) is 5.45. The van der Waals surface area contributed by atoms with Gasteiger partial charge in [-0.3, -0.25) is 14.4 Å². The minimum atomic E-state index is -0.245. The molecule has 202 valence electrons. The maximum absolute atomic E-state index is 13.2. The van der Waals surface area contributed by atoms with Gasteiger partial charge in [0.05, 0.1) is 17.2 Å². The number of piperidine rings is 1. The molecule has 1 aromatic heterocycles. The molecule has 5 rings (SSSR count). The highest BCUT2D eigenvalue weighted by atomic mass is 16.2. The van der Waals surface area contributed by atoms with E-state index in [1.807, 2.05) is 51.1 Å². The number of aromatic amines is 1. The summed E-state index contributed by atoms with van der Waals surface area (Å²) in [6, 6.07) is 15.2. The molecule has 3 heterocycles. The van der Waals surface area contributed by atoms with Crippen molar-refractivity contribution in [2.24, 2.45) is 0 Å². The van der Waals surface area contributed by atoms with E-state index in [1.165, 1.54) is 0 Å². The average Bonchev–Trinajstić information content (AvgIpc) is 3.41. The summed E-state index contributed by atoms with van der Waals surface area (Å²) in [6.07, 6.45) is 4.33. The Morgan fingerprint density at radius 2 is 1.79 bits per heavy atom. The number of anilines is 1. The summed E-state index contributed by atoms with van der Waals surface area (Å²) in [5, 5.41) is 12.5. The smallest absolute Gasteiger partial charge is 0.256 e. The maximum Gasteiger partial charge on any atom is 0.256 e. The van der Waals surface area contributed by atoms with Crippen LogP contribution in [0, 0.1) is 13.8 Å². The van der Waals surface area contributed by atoms with Crippen LogP contribution in [-0.2, 0) is 4.79 Å². The first kappa shape index (κ1) is 26.4. The van der Waals surface area contributed by atoms with Gasteiger partial charge in [0, 0.05) is 34.2 Å². The Kier molecular flexibility index (Phi) is 7.65. The fourth-order valence-corrected chi connectivity index (χ4v) is 5.45. The maximum atomic E-state index is 13.2. The van der Waals surface area contributed by atoms with E-state index in [2.05, 4.69) is 26.3 Å². The summed E-state index contributed by atoms with van der Waals surface area (Å²) < 4.78 is 0. The Bertz CT molecular complexity index is 1430. The number of aryl methyl sites for hydroxylation is 1. The van der Waals surface area contributed by atoms with Crippen molar-refractivity contribution in [3.8, 4) is 0 Å². The molecule has 8 heteroatoms. The van der Waals surface area contributed by atoms with Gasteiger partial charge in [0.1, 0.15) is 0 Å². The molecular formula is C31H35N5O3. The molecule has 1 unspecified atom stereocenters. The Hall–Kier alpha value is -4.17. The summed E-state index contributed by atoms with van der Waals surface area (Å²) >= 11 is 0. The lowest BCUT2D eigenvalue weighted by molar-refractivity contribution is -0.110. The largest absolute Gasteiger partial charge is 0.358 e. The second kappa shape index (κ2) is 11.3. The molecule has 2 aromatic carbocycles. The van der Waals surface area contributed by atoms with E-state index in [9.17, 15) is 14.4 Å². The quantitative estimate of drug-likeness (QED) is 0.293. The van der Waals surface area contributed by atoms with Crippen LogP contribution in [0.4, 0.5) is 5.69 Å². The van der Waals surface area contributed by atoms with E-state index < -0.39 is 0 Å². The molecule has 1 atom stereocenters. The molecule has 3 amide bonds. The van der Waals surface area contributed by atoms with Gasteiger partial charge >= 0.3 is 0 Å². The first-order valence-electron chi connectivity index (χ1n) is 13.6. The Labute approximate surface area is 228 Å². The van der Waals surface area contributed by atoms with Crippen molar-refractivity contribution in [3.05, 3.63) is 87.7 Å². The molecule has 3 aromatic rings. The Morgan fingerprint density at radius 3 is 2.51 bits per heavy atom. The zero-order valence-corrected chi connectivity index (χ0v) is 22.6. The van der Waals surface area contributed by atoms with Gasteiger partial charge in [-0.05, 0) is 81.6 Å². The number of hydrogen-bond acceptors (Lipinski definition) is 4. The van der Waals surface area contributed by atoms with Gasteiger partial charge in [-0.25, -0.2) is 0 Å². The van der Waals surface area contributed by atoms with Crippen molar-refractivity contribution in [2.75, 3.05) is 18.4 Å². The minimum Gasteiger partial charge on any atom is -0.358 e. The molecule has 2 aliphatic rings. The molecule has 1 saturated heterocycles. The van der Waals surface area contributed by atoms with Crippen LogP contribution in [0.3, 0.4) is 0 Å².